The Morgan fingerprint density at radius 1 is 1.20 bits per heavy atom. The highest BCUT2D eigenvalue weighted by Gasteiger charge is 2.18. The van der Waals surface area contributed by atoms with E-state index in [1.165, 1.54) is 31.8 Å². The van der Waals surface area contributed by atoms with Crippen LogP contribution >= 0.6 is 0 Å². The molecule has 10 nitrogen and oxygen atoms in total. The average molecular weight is 432 g/mol. The molecule has 1 fully saturated rings. The van der Waals surface area contributed by atoms with Crippen molar-refractivity contribution in [1.82, 2.24) is 30.0 Å². The fourth-order valence-electron chi connectivity index (χ4n) is 3.51. The number of imidazole rings is 1. The monoisotopic (exact) mass is 431 g/mol. The van der Waals surface area contributed by atoms with Crippen LogP contribution in [0.2, 0.25) is 0 Å². The molecule has 0 bridgehead atoms. The van der Waals surface area contributed by atoms with Crippen LogP contribution in [0.3, 0.4) is 0 Å². The molecular formula is C19H25N7O3S. The number of piperidine rings is 1. The zero-order chi connectivity index (χ0) is 21.0. The Bertz CT molecular complexity index is 1110. The number of anilines is 2. The van der Waals surface area contributed by atoms with Crippen molar-refractivity contribution < 1.29 is 13.2 Å². The van der Waals surface area contributed by atoms with Gasteiger partial charge in [-0.15, -0.1) is 0 Å². The van der Waals surface area contributed by atoms with Gasteiger partial charge in [0.1, 0.15) is 17.6 Å². The van der Waals surface area contributed by atoms with Gasteiger partial charge in [-0.25, -0.2) is 28.1 Å². The zero-order valence-electron chi connectivity index (χ0n) is 16.7. The number of H-pyrrole nitrogens is 1. The number of nitrogens with zero attached hydrogens (tertiary/aromatic N) is 3. The summed E-state index contributed by atoms with van der Waals surface area (Å²) in [5, 5.41) is 6.54. The standard InChI is InChI=1S/C19H25N7O3S/c1-20-30(27,28)14-2-3-16(29-9-6-13-4-7-21-8-5-13)15(10-14)26-19-17-18(23-11-22-17)24-12-25-19/h2-3,10-13,20-21H,4-9H2,1H3,(H2,22,23,24,25,26). The molecule has 3 aromatic rings. The first-order valence-corrected chi connectivity index (χ1v) is 11.4. The molecule has 0 spiro atoms. The first kappa shape index (κ1) is 20.5. The molecule has 0 saturated carbocycles. The van der Waals surface area contributed by atoms with Gasteiger partial charge in [0.15, 0.2) is 11.5 Å². The smallest absolute Gasteiger partial charge is 0.240 e. The zero-order valence-corrected chi connectivity index (χ0v) is 17.5. The van der Waals surface area contributed by atoms with Crippen molar-refractivity contribution >= 4 is 32.7 Å². The van der Waals surface area contributed by atoms with E-state index in [2.05, 4.69) is 35.3 Å². The number of fused-ring (bicyclic) bond motifs is 1. The predicted molar refractivity (Wildman–Crippen MR) is 113 cm³/mol. The summed E-state index contributed by atoms with van der Waals surface area (Å²) in [6, 6.07) is 4.74. The van der Waals surface area contributed by atoms with Gasteiger partial charge in [0.25, 0.3) is 0 Å². The summed E-state index contributed by atoms with van der Waals surface area (Å²) in [4.78, 5) is 15.6. The molecule has 1 aliphatic rings. The van der Waals surface area contributed by atoms with Crippen molar-refractivity contribution in [2.24, 2.45) is 5.92 Å². The van der Waals surface area contributed by atoms with Crippen molar-refractivity contribution in [2.75, 3.05) is 32.1 Å². The summed E-state index contributed by atoms with van der Waals surface area (Å²) in [5.41, 5.74) is 1.64. The van der Waals surface area contributed by atoms with Crippen molar-refractivity contribution in [3.8, 4) is 5.75 Å². The van der Waals surface area contributed by atoms with Crippen LogP contribution in [0.5, 0.6) is 5.75 Å². The Morgan fingerprint density at radius 3 is 2.83 bits per heavy atom. The van der Waals surface area contributed by atoms with E-state index in [1.54, 1.807) is 6.07 Å². The first-order valence-electron chi connectivity index (χ1n) is 9.89. The molecule has 0 amide bonds. The molecular weight excluding hydrogens is 406 g/mol. The second-order valence-corrected chi connectivity index (χ2v) is 9.03. The number of ether oxygens (including phenoxy) is 1. The lowest BCUT2D eigenvalue weighted by molar-refractivity contribution is 0.252. The molecule has 4 N–H and O–H groups in total. The van der Waals surface area contributed by atoms with Gasteiger partial charge in [0, 0.05) is 0 Å². The van der Waals surface area contributed by atoms with E-state index in [4.69, 9.17) is 4.74 Å². The molecule has 1 aromatic carbocycles. The maximum Gasteiger partial charge on any atom is 0.240 e. The maximum atomic E-state index is 12.3. The van der Waals surface area contributed by atoms with Gasteiger partial charge < -0.3 is 20.4 Å². The van der Waals surface area contributed by atoms with E-state index in [0.717, 1.165) is 32.4 Å². The van der Waals surface area contributed by atoms with E-state index in [9.17, 15) is 8.42 Å². The molecule has 0 aliphatic carbocycles. The van der Waals surface area contributed by atoms with E-state index in [-0.39, 0.29) is 4.90 Å². The number of aromatic amines is 1. The van der Waals surface area contributed by atoms with Gasteiger partial charge in [0.05, 0.1) is 23.5 Å². The number of hydrogen-bond acceptors (Lipinski definition) is 8. The molecule has 11 heteroatoms. The number of hydrogen-bond donors (Lipinski definition) is 4. The van der Waals surface area contributed by atoms with Gasteiger partial charge in [-0.05, 0) is 63.5 Å². The first-order chi connectivity index (χ1) is 14.6. The highest BCUT2D eigenvalue weighted by molar-refractivity contribution is 7.89. The molecule has 0 unspecified atom stereocenters. The molecule has 4 rings (SSSR count). The minimum atomic E-state index is -3.60. The van der Waals surface area contributed by atoms with Crippen LogP contribution in [0.25, 0.3) is 11.2 Å². The van der Waals surface area contributed by atoms with Crippen LogP contribution in [0.1, 0.15) is 19.3 Å². The molecule has 1 aliphatic heterocycles. The van der Waals surface area contributed by atoms with Crippen molar-refractivity contribution in [2.45, 2.75) is 24.2 Å². The van der Waals surface area contributed by atoms with E-state index in [1.807, 2.05) is 0 Å². The van der Waals surface area contributed by atoms with Gasteiger partial charge in [-0.2, -0.15) is 0 Å². The number of rotatable bonds is 8. The minimum Gasteiger partial charge on any atom is -0.491 e. The summed E-state index contributed by atoms with van der Waals surface area (Å²) < 4.78 is 32.9. The molecule has 0 radical (unpaired) electrons. The van der Waals surface area contributed by atoms with Crippen LogP contribution in [-0.2, 0) is 10.0 Å². The third-order valence-electron chi connectivity index (χ3n) is 5.25. The predicted octanol–water partition coefficient (Wildman–Crippen LogP) is 1.77. The van der Waals surface area contributed by atoms with Gasteiger partial charge in [0.2, 0.25) is 10.0 Å². The Balaban J connectivity index is 1.59. The van der Waals surface area contributed by atoms with Crippen LogP contribution in [-0.4, -0.2) is 55.1 Å². The van der Waals surface area contributed by atoms with Crippen molar-refractivity contribution in [3.05, 3.63) is 30.9 Å². The lowest BCUT2D eigenvalue weighted by atomic mass is 9.95. The number of aromatic nitrogens is 4. The third kappa shape index (κ3) is 4.53. The Kier molecular flexibility index (Phi) is 6.11. The Labute approximate surface area is 174 Å². The van der Waals surface area contributed by atoms with E-state index in [0.29, 0.717) is 40.9 Å². The molecule has 1 saturated heterocycles. The van der Waals surface area contributed by atoms with Gasteiger partial charge >= 0.3 is 0 Å². The Hall–Kier alpha value is -2.76. The average Bonchev–Trinajstić information content (AvgIpc) is 3.25. The highest BCUT2D eigenvalue weighted by Crippen LogP contribution is 2.32. The second kappa shape index (κ2) is 8.94. The minimum absolute atomic E-state index is 0.133. The van der Waals surface area contributed by atoms with Crippen molar-refractivity contribution in [1.29, 1.82) is 0 Å². The van der Waals surface area contributed by atoms with Crippen molar-refractivity contribution in [3.63, 3.8) is 0 Å². The van der Waals surface area contributed by atoms with Gasteiger partial charge in [-0.3, -0.25) is 0 Å². The topological polar surface area (TPSA) is 134 Å². The summed E-state index contributed by atoms with van der Waals surface area (Å²) in [5.74, 6) is 1.68. The lowest BCUT2D eigenvalue weighted by Crippen LogP contribution is -2.28. The Morgan fingerprint density at radius 2 is 2.03 bits per heavy atom. The molecule has 0 atom stereocenters. The maximum absolute atomic E-state index is 12.3. The highest BCUT2D eigenvalue weighted by atomic mass is 32.2. The van der Waals surface area contributed by atoms with E-state index < -0.39 is 10.0 Å². The molecule has 160 valence electrons. The fraction of sp³-hybridized carbons (Fsp3) is 0.421. The fourth-order valence-corrected chi connectivity index (χ4v) is 4.27. The summed E-state index contributed by atoms with van der Waals surface area (Å²) in [7, 11) is -2.23. The molecule has 3 heterocycles. The normalized spacial score (nSPS) is 15.4. The third-order valence-corrected chi connectivity index (χ3v) is 6.66. The molecule has 2 aromatic heterocycles. The quantitative estimate of drug-likeness (QED) is 0.424. The van der Waals surface area contributed by atoms with Crippen LogP contribution in [0.15, 0.2) is 35.7 Å². The SMILES string of the molecule is CNS(=O)(=O)c1ccc(OCCC2CCNCC2)c(Nc2ncnc3nc[nH]c23)c1. The molecule has 30 heavy (non-hydrogen) atoms. The number of sulfonamides is 1. The van der Waals surface area contributed by atoms with Crippen LogP contribution < -0.4 is 20.1 Å². The lowest BCUT2D eigenvalue weighted by Gasteiger charge is -2.23. The summed E-state index contributed by atoms with van der Waals surface area (Å²) in [6.45, 7) is 2.64. The number of nitrogens with one attached hydrogen (secondary N) is 4. The summed E-state index contributed by atoms with van der Waals surface area (Å²) in [6.07, 6.45) is 6.18. The summed E-state index contributed by atoms with van der Waals surface area (Å²) >= 11 is 0. The van der Waals surface area contributed by atoms with Crippen LogP contribution in [0, 0.1) is 5.92 Å². The van der Waals surface area contributed by atoms with E-state index >= 15 is 0 Å². The van der Waals surface area contributed by atoms with Gasteiger partial charge in [-0.1, -0.05) is 0 Å². The second-order valence-electron chi connectivity index (χ2n) is 7.14. The largest absolute Gasteiger partial charge is 0.491 e. The van der Waals surface area contributed by atoms with Crippen LogP contribution in [0.4, 0.5) is 11.5 Å². The number of benzene rings is 1.